The first-order chi connectivity index (χ1) is 16.1. The van der Waals surface area contributed by atoms with E-state index in [0.717, 1.165) is 6.26 Å². The number of sulfonamides is 1. The second-order valence-corrected chi connectivity index (χ2v) is 10.8. The van der Waals surface area contributed by atoms with Crippen LogP contribution in [0.5, 0.6) is 0 Å². The molecule has 3 fully saturated rings. The van der Waals surface area contributed by atoms with E-state index in [1.807, 2.05) is 0 Å². The highest BCUT2D eigenvalue weighted by Gasteiger charge is 2.58. The Balaban J connectivity index is 0.000000429. The molecule has 2 heterocycles. The first-order valence-electron chi connectivity index (χ1n) is 10.3. The van der Waals surface area contributed by atoms with Gasteiger partial charge in [0, 0.05) is 22.7 Å². The first-order valence-corrected chi connectivity index (χ1v) is 12.6. The fourth-order valence-electron chi connectivity index (χ4n) is 4.34. The summed E-state index contributed by atoms with van der Waals surface area (Å²) in [6, 6.07) is 10.5. The lowest BCUT2D eigenvalue weighted by molar-refractivity contribution is -0.192. The molecule has 2 saturated heterocycles. The van der Waals surface area contributed by atoms with Crippen LogP contribution >= 0.6 is 11.6 Å². The van der Waals surface area contributed by atoms with Gasteiger partial charge in [-0.2, -0.15) is 13.2 Å². The van der Waals surface area contributed by atoms with Crippen LogP contribution in [0.3, 0.4) is 0 Å². The Bertz CT molecular complexity index is 1200. The molecule has 0 spiro atoms. The lowest BCUT2D eigenvalue weighted by atomic mass is 9.65. The Kier molecular flexibility index (Phi) is 7.80. The molecule has 0 aromatic heterocycles. The van der Waals surface area contributed by atoms with Gasteiger partial charge >= 0.3 is 12.1 Å². The molecule has 3 N–H and O–H groups in total. The van der Waals surface area contributed by atoms with Crippen LogP contribution in [-0.2, 0) is 21.2 Å². The van der Waals surface area contributed by atoms with E-state index in [0.29, 0.717) is 21.7 Å². The number of halogens is 6. The number of alkyl halides is 4. The zero-order valence-electron chi connectivity index (χ0n) is 18.2. The molecule has 5 rings (SSSR count). The maximum absolute atomic E-state index is 15.2. The number of nitrogens with one attached hydrogen (secondary N) is 2. The molecule has 0 radical (unpaired) electrons. The molecule has 0 unspecified atom stereocenters. The van der Waals surface area contributed by atoms with Crippen molar-refractivity contribution in [1.29, 1.82) is 0 Å². The van der Waals surface area contributed by atoms with E-state index in [2.05, 4.69) is 10.0 Å². The highest BCUT2D eigenvalue weighted by molar-refractivity contribution is 7.88. The highest BCUT2D eigenvalue weighted by atomic mass is 35.5. The molecule has 2 atom stereocenters. The van der Waals surface area contributed by atoms with Crippen LogP contribution in [0.2, 0.25) is 5.02 Å². The molecule has 0 amide bonds. The predicted octanol–water partition coefficient (Wildman–Crippen LogP) is 4.08. The van der Waals surface area contributed by atoms with Crippen molar-refractivity contribution >= 4 is 27.6 Å². The van der Waals surface area contributed by atoms with E-state index in [-0.39, 0.29) is 25.3 Å². The third kappa shape index (κ3) is 6.69. The topological polar surface area (TPSA) is 95.5 Å². The van der Waals surface area contributed by atoms with E-state index >= 15 is 8.78 Å². The molecule has 2 aromatic carbocycles. The minimum Gasteiger partial charge on any atom is -0.475 e. The number of rotatable bonds is 5. The Morgan fingerprint density at radius 2 is 1.83 bits per heavy atom. The smallest absolute Gasteiger partial charge is 0.475 e. The minimum absolute atomic E-state index is 0.00761. The van der Waals surface area contributed by atoms with Crippen molar-refractivity contribution in [3.05, 3.63) is 58.9 Å². The Morgan fingerprint density at radius 3 is 2.37 bits per heavy atom. The predicted molar refractivity (Wildman–Crippen MR) is 120 cm³/mol. The molecule has 13 heteroatoms. The molecule has 2 bridgehead atoms. The molecular weight excluding hydrogens is 519 g/mol. The zero-order chi connectivity index (χ0) is 26.2. The quantitative estimate of drug-likeness (QED) is 0.497. The maximum Gasteiger partial charge on any atom is 0.490 e. The van der Waals surface area contributed by atoms with Gasteiger partial charge in [0.25, 0.3) is 0 Å². The number of piperidine rings is 2. The summed E-state index contributed by atoms with van der Waals surface area (Å²) in [5, 5.41) is 10.9. The molecule has 35 heavy (non-hydrogen) atoms. The van der Waals surface area contributed by atoms with Gasteiger partial charge in [-0.1, -0.05) is 41.9 Å². The number of hydrogen-bond acceptors (Lipinski definition) is 4. The molecular formula is C22H22ClF5N2O4S. The van der Waals surface area contributed by atoms with Crippen molar-refractivity contribution in [2.45, 2.75) is 49.2 Å². The number of benzene rings is 2. The lowest BCUT2D eigenvalue weighted by Crippen LogP contribution is -2.75. The lowest BCUT2D eigenvalue weighted by Gasteiger charge is -2.55. The first kappa shape index (κ1) is 27.3. The van der Waals surface area contributed by atoms with Crippen LogP contribution in [0.1, 0.15) is 18.4 Å². The normalized spacial score (nSPS) is 25.7. The average molecular weight is 541 g/mol. The summed E-state index contributed by atoms with van der Waals surface area (Å²) in [4.78, 5) is 8.90. The number of aliphatic carboxylic acids is 1. The summed E-state index contributed by atoms with van der Waals surface area (Å²) in [5.74, 6) is -3.16. The van der Waals surface area contributed by atoms with E-state index in [9.17, 15) is 21.6 Å². The van der Waals surface area contributed by atoms with Crippen molar-refractivity contribution in [2.75, 3.05) is 6.26 Å². The fraction of sp³-hybridized carbons (Fsp3) is 0.409. The number of hydrogen-bond donors (Lipinski definition) is 3. The van der Waals surface area contributed by atoms with Crippen LogP contribution in [0.4, 0.5) is 22.0 Å². The maximum atomic E-state index is 15.2. The Labute approximate surface area is 203 Å². The van der Waals surface area contributed by atoms with Crippen molar-refractivity contribution in [1.82, 2.24) is 10.0 Å². The van der Waals surface area contributed by atoms with Gasteiger partial charge in [0.05, 0.1) is 12.3 Å². The van der Waals surface area contributed by atoms with Crippen LogP contribution in [0.25, 0.3) is 11.1 Å². The van der Waals surface area contributed by atoms with Gasteiger partial charge < -0.3 is 10.4 Å². The molecule has 3 aliphatic rings. The summed E-state index contributed by atoms with van der Waals surface area (Å²) >= 11 is 6.02. The van der Waals surface area contributed by atoms with Crippen molar-refractivity contribution < 1.29 is 40.3 Å². The van der Waals surface area contributed by atoms with Crippen LogP contribution < -0.4 is 10.0 Å². The van der Waals surface area contributed by atoms with Crippen LogP contribution in [0, 0.1) is 5.82 Å². The third-order valence-corrected chi connectivity index (χ3v) is 6.74. The van der Waals surface area contributed by atoms with Gasteiger partial charge in [-0.15, -0.1) is 0 Å². The number of carboxylic acids is 1. The number of carboxylic acid groups (broad SMARTS) is 1. The van der Waals surface area contributed by atoms with Gasteiger partial charge in [0.2, 0.25) is 10.0 Å². The van der Waals surface area contributed by atoms with E-state index in [1.54, 1.807) is 42.5 Å². The molecule has 192 valence electrons. The summed E-state index contributed by atoms with van der Waals surface area (Å²) in [6.45, 7) is 0. The summed E-state index contributed by atoms with van der Waals surface area (Å²) < 4.78 is 88.0. The van der Waals surface area contributed by atoms with Crippen molar-refractivity contribution in [2.24, 2.45) is 0 Å². The van der Waals surface area contributed by atoms with Gasteiger partial charge in [0.1, 0.15) is 11.5 Å². The second-order valence-electron chi connectivity index (χ2n) is 8.58. The van der Waals surface area contributed by atoms with E-state index < -0.39 is 45.7 Å². The van der Waals surface area contributed by atoms with Gasteiger partial charge in [-0.05, 0) is 42.5 Å². The summed E-state index contributed by atoms with van der Waals surface area (Å²) in [5.41, 5.74) is -0.132. The largest absolute Gasteiger partial charge is 0.490 e. The number of carbonyl (C=O) groups is 1. The van der Waals surface area contributed by atoms with Gasteiger partial charge in [-0.25, -0.2) is 26.7 Å². The van der Waals surface area contributed by atoms with Gasteiger partial charge in [-0.3, -0.25) is 0 Å². The van der Waals surface area contributed by atoms with Crippen LogP contribution in [0.15, 0.2) is 42.5 Å². The Hall–Kier alpha value is -2.28. The minimum atomic E-state index is -5.08. The van der Waals surface area contributed by atoms with Gasteiger partial charge in [0.15, 0.2) is 0 Å². The highest BCUT2D eigenvalue weighted by Crippen LogP contribution is 2.45. The van der Waals surface area contributed by atoms with Crippen molar-refractivity contribution in [3.63, 3.8) is 0 Å². The fourth-order valence-corrected chi connectivity index (χ4v) is 5.37. The standard InChI is InChI=1S/C20H21ClF2N2O2S.C2HF3O2/c1-28(26,27)25-19-17(24-15-10-20(19,23)11-15)9-13-5-3-7-16(18(13)22)12-4-2-6-14(21)8-12;3-2(4,5)1(6)7/h2-8,15,17,19,24-25H,9-11H2,1H3;(H,6,7)/t15?,17-,19+,20?;/m0./s1. The monoisotopic (exact) mass is 540 g/mol. The van der Waals surface area contributed by atoms with Crippen LogP contribution in [-0.4, -0.2) is 55.7 Å². The SMILES string of the molecule is CS(=O)(=O)N[C@@H]1[C@H](Cc2cccc(-c3cccc(Cl)c3)c2F)NC2CC1(F)C2.O=C(O)C(F)(F)F. The van der Waals surface area contributed by atoms with E-state index in [4.69, 9.17) is 21.5 Å². The zero-order valence-corrected chi connectivity index (χ0v) is 19.8. The molecule has 2 aliphatic heterocycles. The molecule has 6 nitrogen and oxygen atoms in total. The second kappa shape index (κ2) is 10.00. The molecule has 2 aromatic rings. The average Bonchev–Trinajstić information content (AvgIpc) is 2.70. The molecule has 1 aliphatic carbocycles. The van der Waals surface area contributed by atoms with E-state index in [1.165, 1.54) is 0 Å². The third-order valence-electron chi connectivity index (χ3n) is 5.82. The van der Waals surface area contributed by atoms with Crippen molar-refractivity contribution in [3.8, 4) is 11.1 Å². The molecule has 1 saturated carbocycles. The Morgan fingerprint density at radius 1 is 1.23 bits per heavy atom. The number of fused-ring (bicyclic) bond motifs is 2. The summed E-state index contributed by atoms with van der Waals surface area (Å²) in [7, 11) is -3.60. The summed E-state index contributed by atoms with van der Waals surface area (Å²) in [6.07, 6.45) is -3.36.